The van der Waals surface area contributed by atoms with Gasteiger partial charge in [-0.25, -0.2) is 0 Å². The molecule has 4 aliphatic rings. The minimum absolute atomic E-state index is 0.0520. The van der Waals surface area contributed by atoms with Crippen molar-refractivity contribution in [2.24, 2.45) is 51.8 Å². The first-order valence-electron chi connectivity index (χ1n) is 13.8. The van der Waals surface area contributed by atoms with Crippen LogP contribution in [0.1, 0.15) is 112 Å². The van der Waals surface area contributed by atoms with Crippen LogP contribution in [-0.2, 0) is 14.3 Å². The normalized spacial score (nSPS) is 43.7. The van der Waals surface area contributed by atoms with E-state index in [1.165, 1.54) is 44.9 Å². The van der Waals surface area contributed by atoms with Crippen LogP contribution < -0.4 is 0 Å². The predicted molar refractivity (Wildman–Crippen MR) is 130 cm³/mol. The second-order valence-corrected chi connectivity index (χ2v) is 13.7. The van der Waals surface area contributed by atoms with E-state index in [0.717, 1.165) is 31.1 Å². The predicted octanol–water partition coefficient (Wildman–Crippen LogP) is 6.54. The lowest BCUT2D eigenvalue weighted by Crippen LogP contribution is -2.58. The molecule has 0 amide bonds. The fraction of sp³-hybridized carbons (Fsp3) is 0.931. The summed E-state index contributed by atoms with van der Waals surface area (Å²) in [6.45, 7) is 12.5. The first-order chi connectivity index (χ1) is 15.4. The molecule has 0 radical (unpaired) electrons. The van der Waals surface area contributed by atoms with E-state index in [4.69, 9.17) is 4.74 Å². The van der Waals surface area contributed by atoms with Gasteiger partial charge in [-0.3, -0.25) is 9.59 Å². The third-order valence-electron chi connectivity index (χ3n) is 11.1. The molecule has 4 heteroatoms. The van der Waals surface area contributed by atoms with Crippen molar-refractivity contribution in [3.8, 4) is 0 Å². The molecule has 0 aliphatic heterocycles. The molecule has 4 fully saturated rings. The number of hydrogen-bond acceptors (Lipinski definition) is 4. The molecule has 188 valence electrons. The Morgan fingerprint density at radius 2 is 1.76 bits per heavy atom. The third-order valence-corrected chi connectivity index (χ3v) is 11.1. The molecule has 9 atom stereocenters. The summed E-state index contributed by atoms with van der Waals surface area (Å²) in [6.07, 6.45) is 12.3. The standard InChI is InChI=1S/C29H48O4/c1-18(10-15-25(31)33-26(32)27(2,3)4)21-13-14-22-20-12-11-19-9-7-8-16-28(19,5)23(20)17-24(30)29(21,22)6/h18-24,30H,7-17H2,1-6H3/t18-,19?,20?,21?,22?,23?,24+,28?,29?/m1/s1. The zero-order chi connectivity index (χ0) is 24.2. The molecule has 0 spiro atoms. The topological polar surface area (TPSA) is 63.6 Å². The quantitative estimate of drug-likeness (QED) is 0.382. The smallest absolute Gasteiger partial charge is 0.318 e. The number of carbonyl (C=O) groups excluding carboxylic acids is 2. The zero-order valence-corrected chi connectivity index (χ0v) is 22.0. The van der Waals surface area contributed by atoms with E-state index in [-0.39, 0.29) is 17.9 Å². The molecular weight excluding hydrogens is 412 g/mol. The highest BCUT2D eigenvalue weighted by atomic mass is 16.6. The highest BCUT2D eigenvalue weighted by Crippen LogP contribution is 2.68. The molecule has 1 N–H and O–H groups in total. The molecule has 0 saturated heterocycles. The average Bonchev–Trinajstić information content (AvgIpc) is 3.10. The van der Waals surface area contributed by atoms with Crippen LogP contribution in [0.4, 0.5) is 0 Å². The minimum atomic E-state index is -0.663. The van der Waals surface area contributed by atoms with Crippen molar-refractivity contribution < 1.29 is 19.4 Å². The molecule has 7 unspecified atom stereocenters. The average molecular weight is 461 g/mol. The van der Waals surface area contributed by atoms with Crippen molar-refractivity contribution in [2.75, 3.05) is 0 Å². The lowest BCUT2D eigenvalue weighted by Gasteiger charge is -2.62. The molecule has 0 aromatic rings. The summed E-state index contributed by atoms with van der Waals surface area (Å²) in [4.78, 5) is 24.4. The first-order valence-corrected chi connectivity index (χ1v) is 13.8. The lowest BCUT2D eigenvalue weighted by atomic mass is 9.44. The maximum atomic E-state index is 12.3. The van der Waals surface area contributed by atoms with Crippen molar-refractivity contribution >= 4 is 11.9 Å². The van der Waals surface area contributed by atoms with Gasteiger partial charge < -0.3 is 9.84 Å². The maximum Gasteiger partial charge on any atom is 0.318 e. The Hall–Kier alpha value is -0.900. The summed E-state index contributed by atoms with van der Waals surface area (Å²) in [5, 5.41) is 11.7. The van der Waals surface area contributed by atoms with E-state index >= 15 is 0 Å². The van der Waals surface area contributed by atoms with E-state index in [1.807, 2.05) is 0 Å². The molecule has 4 nitrogen and oxygen atoms in total. The zero-order valence-electron chi connectivity index (χ0n) is 22.0. The Morgan fingerprint density at radius 3 is 2.45 bits per heavy atom. The molecule has 33 heavy (non-hydrogen) atoms. The monoisotopic (exact) mass is 460 g/mol. The molecular formula is C29H48O4. The van der Waals surface area contributed by atoms with E-state index < -0.39 is 17.4 Å². The fourth-order valence-corrected chi connectivity index (χ4v) is 9.07. The first kappa shape index (κ1) is 25.2. The molecule has 4 rings (SSSR count). The minimum Gasteiger partial charge on any atom is -0.393 e. The Kier molecular flexibility index (Phi) is 6.84. The summed E-state index contributed by atoms with van der Waals surface area (Å²) >= 11 is 0. The molecule has 0 aromatic heterocycles. The van der Waals surface area contributed by atoms with Gasteiger partial charge in [0.15, 0.2) is 0 Å². The Bertz CT molecular complexity index is 753. The molecule has 4 aliphatic carbocycles. The Labute approximate surface area is 201 Å². The van der Waals surface area contributed by atoms with Gasteiger partial charge in [0.05, 0.1) is 11.5 Å². The fourth-order valence-electron chi connectivity index (χ4n) is 9.07. The van der Waals surface area contributed by atoms with Crippen LogP contribution in [0, 0.1) is 51.8 Å². The summed E-state index contributed by atoms with van der Waals surface area (Å²) in [5.74, 6) is 2.81. The van der Waals surface area contributed by atoms with Crippen LogP contribution in [0.25, 0.3) is 0 Å². The highest BCUT2D eigenvalue weighted by molar-refractivity contribution is 5.88. The van der Waals surface area contributed by atoms with Gasteiger partial charge in [0, 0.05) is 6.42 Å². The van der Waals surface area contributed by atoms with Crippen molar-refractivity contribution in [3.05, 3.63) is 0 Å². The summed E-state index contributed by atoms with van der Waals surface area (Å²) in [6, 6.07) is 0. The van der Waals surface area contributed by atoms with Crippen molar-refractivity contribution in [1.82, 2.24) is 0 Å². The van der Waals surface area contributed by atoms with Gasteiger partial charge in [-0.05, 0) is 118 Å². The van der Waals surface area contributed by atoms with Crippen LogP contribution in [0.2, 0.25) is 0 Å². The number of carbonyl (C=O) groups is 2. The van der Waals surface area contributed by atoms with E-state index in [9.17, 15) is 14.7 Å². The molecule has 0 heterocycles. The summed E-state index contributed by atoms with van der Waals surface area (Å²) in [5.41, 5.74) is -0.287. The number of esters is 2. The lowest BCUT2D eigenvalue weighted by molar-refractivity contribution is -0.169. The van der Waals surface area contributed by atoms with Gasteiger partial charge in [-0.15, -0.1) is 0 Å². The number of ether oxygens (including phenoxy) is 1. The van der Waals surface area contributed by atoms with E-state index in [2.05, 4.69) is 20.8 Å². The number of fused-ring (bicyclic) bond motifs is 5. The molecule has 0 bridgehead atoms. The second-order valence-electron chi connectivity index (χ2n) is 13.7. The van der Waals surface area contributed by atoms with Gasteiger partial charge in [-0.2, -0.15) is 0 Å². The van der Waals surface area contributed by atoms with Crippen molar-refractivity contribution in [2.45, 2.75) is 118 Å². The van der Waals surface area contributed by atoms with Gasteiger partial charge in [0.25, 0.3) is 0 Å². The van der Waals surface area contributed by atoms with Crippen molar-refractivity contribution in [1.29, 1.82) is 0 Å². The van der Waals surface area contributed by atoms with Crippen molar-refractivity contribution in [3.63, 3.8) is 0 Å². The van der Waals surface area contributed by atoms with Crippen LogP contribution in [0.5, 0.6) is 0 Å². The second kappa shape index (κ2) is 8.95. The number of aliphatic hydroxyl groups excluding tert-OH is 1. The summed E-state index contributed by atoms with van der Waals surface area (Å²) < 4.78 is 5.09. The van der Waals surface area contributed by atoms with Crippen LogP contribution in [0.3, 0.4) is 0 Å². The Balaban J connectivity index is 1.43. The van der Waals surface area contributed by atoms with Gasteiger partial charge >= 0.3 is 11.9 Å². The highest BCUT2D eigenvalue weighted by Gasteiger charge is 2.63. The molecule has 4 saturated carbocycles. The van der Waals surface area contributed by atoms with E-state index in [1.54, 1.807) is 20.8 Å². The maximum absolute atomic E-state index is 12.3. The SMILES string of the molecule is C[C@H](CCC(=O)OC(=O)C(C)(C)C)C1CCC2C3CCC4CCCCC4(C)C3C[C@H](O)C21C. The number of hydrogen-bond donors (Lipinski definition) is 1. The third kappa shape index (κ3) is 4.32. The largest absolute Gasteiger partial charge is 0.393 e. The summed E-state index contributed by atoms with van der Waals surface area (Å²) in [7, 11) is 0. The van der Waals surface area contributed by atoms with Crippen LogP contribution >= 0.6 is 0 Å². The van der Waals surface area contributed by atoms with E-state index in [0.29, 0.717) is 29.1 Å². The van der Waals surface area contributed by atoms with Gasteiger partial charge in [-0.1, -0.05) is 33.6 Å². The van der Waals surface area contributed by atoms with Crippen LogP contribution in [0.15, 0.2) is 0 Å². The van der Waals surface area contributed by atoms with Gasteiger partial charge in [0.2, 0.25) is 0 Å². The van der Waals surface area contributed by atoms with Gasteiger partial charge in [0.1, 0.15) is 0 Å². The van der Waals surface area contributed by atoms with Crippen LogP contribution in [-0.4, -0.2) is 23.1 Å². The Morgan fingerprint density at radius 1 is 1.03 bits per heavy atom. The molecule has 0 aromatic carbocycles. The number of rotatable bonds is 4. The number of aliphatic hydroxyl groups is 1.